The van der Waals surface area contributed by atoms with Crippen LogP contribution in [0, 0.1) is 0 Å². The lowest BCUT2D eigenvalue weighted by molar-refractivity contribution is -0.111. The summed E-state index contributed by atoms with van der Waals surface area (Å²) in [6, 6.07) is 23.8. The first-order valence-electron chi connectivity index (χ1n) is 8.84. The maximum absolute atomic E-state index is 12.5. The third-order valence-electron chi connectivity index (χ3n) is 3.88. The number of para-hydroxylation sites is 1. The van der Waals surface area contributed by atoms with E-state index in [4.69, 9.17) is 0 Å². The van der Waals surface area contributed by atoms with Crippen molar-refractivity contribution in [3.05, 3.63) is 106 Å². The minimum Gasteiger partial charge on any atom is -0.322 e. The molecule has 0 aromatic heterocycles. The number of nitrogens with zero attached hydrogens (tertiary/aromatic N) is 1. The van der Waals surface area contributed by atoms with Gasteiger partial charge in [0.05, 0.1) is 17.5 Å². The number of amides is 2. The Labute approximate surface area is 177 Å². The Hall–Kier alpha value is -3.51. The first-order chi connectivity index (χ1) is 14.1. The molecule has 0 aliphatic rings. The number of nitrogens with one attached hydrogen (secondary N) is 2. The molecular formula is C23H18BrN3O2. The van der Waals surface area contributed by atoms with Gasteiger partial charge in [-0.25, -0.2) is 5.43 Å². The van der Waals surface area contributed by atoms with Gasteiger partial charge in [-0.05, 0) is 41.5 Å². The molecule has 0 saturated carbocycles. The number of carbonyl (C=O) groups excluding carboxylic acids is 2. The predicted molar refractivity (Wildman–Crippen MR) is 120 cm³/mol. The molecule has 2 N–H and O–H groups in total. The summed E-state index contributed by atoms with van der Waals surface area (Å²) in [4.78, 5) is 24.7. The maximum atomic E-state index is 12.5. The zero-order chi connectivity index (χ0) is 20.5. The van der Waals surface area contributed by atoms with Gasteiger partial charge in [0.2, 0.25) is 5.91 Å². The quantitative estimate of drug-likeness (QED) is 0.321. The van der Waals surface area contributed by atoms with Crippen LogP contribution in [0.1, 0.15) is 21.5 Å². The SMILES string of the molecule is O=C(/C=C/c1ccccc1)Nc1ccccc1C(=O)N/N=C\c1cccc(Br)c1. The van der Waals surface area contributed by atoms with Crippen molar-refractivity contribution in [1.29, 1.82) is 0 Å². The van der Waals surface area contributed by atoms with E-state index < -0.39 is 5.91 Å². The van der Waals surface area contributed by atoms with E-state index in [9.17, 15) is 9.59 Å². The molecular weight excluding hydrogens is 430 g/mol. The highest BCUT2D eigenvalue weighted by atomic mass is 79.9. The third-order valence-corrected chi connectivity index (χ3v) is 4.38. The number of rotatable bonds is 6. The zero-order valence-electron chi connectivity index (χ0n) is 15.4. The molecule has 29 heavy (non-hydrogen) atoms. The highest BCUT2D eigenvalue weighted by Crippen LogP contribution is 2.15. The highest BCUT2D eigenvalue weighted by Gasteiger charge is 2.11. The van der Waals surface area contributed by atoms with Crippen LogP contribution in [0.2, 0.25) is 0 Å². The summed E-state index contributed by atoms with van der Waals surface area (Å²) < 4.78 is 0.921. The molecule has 0 aliphatic carbocycles. The maximum Gasteiger partial charge on any atom is 0.273 e. The molecule has 0 heterocycles. The summed E-state index contributed by atoms with van der Waals surface area (Å²) in [6.45, 7) is 0. The summed E-state index contributed by atoms with van der Waals surface area (Å²) in [5.41, 5.74) is 4.96. The summed E-state index contributed by atoms with van der Waals surface area (Å²) in [6.07, 6.45) is 4.68. The Morgan fingerprint density at radius 1 is 0.862 bits per heavy atom. The molecule has 0 fully saturated rings. The Morgan fingerprint density at radius 3 is 2.38 bits per heavy atom. The molecule has 5 nitrogen and oxygen atoms in total. The van der Waals surface area contributed by atoms with Gasteiger partial charge in [-0.1, -0.05) is 70.5 Å². The number of halogens is 1. The van der Waals surface area contributed by atoms with Crippen molar-refractivity contribution < 1.29 is 9.59 Å². The van der Waals surface area contributed by atoms with Crippen molar-refractivity contribution in [2.45, 2.75) is 0 Å². The van der Waals surface area contributed by atoms with E-state index >= 15 is 0 Å². The average Bonchev–Trinajstić information content (AvgIpc) is 2.73. The fourth-order valence-corrected chi connectivity index (χ4v) is 2.93. The van der Waals surface area contributed by atoms with Gasteiger partial charge in [0.25, 0.3) is 5.91 Å². The van der Waals surface area contributed by atoms with E-state index in [0.717, 1.165) is 15.6 Å². The summed E-state index contributed by atoms with van der Waals surface area (Å²) in [7, 11) is 0. The highest BCUT2D eigenvalue weighted by molar-refractivity contribution is 9.10. The van der Waals surface area contributed by atoms with Gasteiger partial charge < -0.3 is 5.32 Å². The monoisotopic (exact) mass is 447 g/mol. The molecule has 0 radical (unpaired) electrons. The van der Waals surface area contributed by atoms with E-state index in [1.54, 1.807) is 36.6 Å². The van der Waals surface area contributed by atoms with Gasteiger partial charge in [0.15, 0.2) is 0 Å². The molecule has 2 amide bonds. The molecule has 3 rings (SSSR count). The standard InChI is InChI=1S/C23H18BrN3O2/c24-19-10-6-9-18(15-19)16-25-27-23(29)20-11-4-5-12-21(20)26-22(28)14-13-17-7-2-1-3-8-17/h1-16H,(H,26,28)(H,27,29)/b14-13+,25-16-. The molecule has 0 saturated heterocycles. The number of hydrogen-bond acceptors (Lipinski definition) is 3. The lowest BCUT2D eigenvalue weighted by Gasteiger charge is -2.08. The lowest BCUT2D eigenvalue weighted by Crippen LogP contribution is -2.20. The number of anilines is 1. The summed E-state index contributed by atoms with van der Waals surface area (Å²) >= 11 is 3.38. The van der Waals surface area contributed by atoms with Crippen LogP contribution in [-0.2, 0) is 4.79 Å². The Morgan fingerprint density at radius 2 is 1.59 bits per heavy atom. The van der Waals surface area contributed by atoms with Crippen LogP contribution in [0.25, 0.3) is 6.08 Å². The largest absolute Gasteiger partial charge is 0.322 e. The average molecular weight is 448 g/mol. The Kier molecular flexibility index (Phi) is 7.08. The van der Waals surface area contributed by atoms with E-state index in [0.29, 0.717) is 11.3 Å². The molecule has 3 aromatic rings. The molecule has 0 spiro atoms. The predicted octanol–water partition coefficient (Wildman–Crippen LogP) is 4.86. The number of hydrogen-bond donors (Lipinski definition) is 2. The van der Waals surface area contributed by atoms with E-state index in [-0.39, 0.29) is 5.91 Å². The van der Waals surface area contributed by atoms with Crippen molar-refractivity contribution in [1.82, 2.24) is 5.43 Å². The molecule has 0 aliphatic heterocycles. The van der Waals surface area contributed by atoms with E-state index in [2.05, 4.69) is 31.8 Å². The fraction of sp³-hybridized carbons (Fsp3) is 0. The summed E-state index contributed by atoms with van der Waals surface area (Å²) in [5, 5.41) is 6.72. The van der Waals surface area contributed by atoms with Crippen LogP contribution in [0.15, 0.2) is 94.5 Å². The van der Waals surface area contributed by atoms with Gasteiger partial charge in [0.1, 0.15) is 0 Å². The molecule has 144 valence electrons. The first-order valence-corrected chi connectivity index (χ1v) is 9.63. The van der Waals surface area contributed by atoms with Crippen LogP contribution in [0.3, 0.4) is 0 Å². The van der Waals surface area contributed by atoms with Crippen molar-refractivity contribution in [3.8, 4) is 0 Å². The van der Waals surface area contributed by atoms with Crippen molar-refractivity contribution in [2.24, 2.45) is 5.10 Å². The van der Waals surface area contributed by atoms with Gasteiger partial charge >= 0.3 is 0 Å². The fourth-order valence-electron chi connectivity index (χ4n) is 2.51. The number of benzene rings is 3. The van der Waals surface area contributed by atoms with Crippen LogP contribution >= 0.6 is 15.9 Å². The smallest absolute Gasteiger partial charge is 0.273 e. The van der Waals surface area contributed by atoms with Crippen molar-refractivity contribution in [2.75, 3.05) is 5.32 Å². The van der Waals surface area contributed by atoms with Gasteiger partial charge in [0, 0.05) is 10.5 Å². The van der Waals surface area contributed by atoms with Crippen molar-refractivity contribution >= 4 is 45.7 Å². The lowest BCUT2D eigenvalue weighted by atomic mass is 10.1. The second kappa shape index (κ2) is 10.1. The second-order valence-corrected chi connectivity index (χ2v) is 6.95. The summed E-state index contributed by atoms with van der Waals surface area (Å²) in [5.74, 6) is -0.745. The third kappa shape index (κ3) is 6.26. The Balaban J connectivity index is 1.65. The van der Waals surface area contributed by atoms with Gasteiger partial charge in [-0.2, -0.15) is 5.10 Å². The topological polar surface area (TPSA) is 70.6 Å². The van der Waals surface area contributed by atoms with Gasteiger partial charge in [-0.3, -0.25) is 9.59 Å². The van der Waals surface area contributed by atoms with Crippen LogP contribution in [0.5, 0.6) is 0 Å². The van der Waals surface area contributed by atoms with Crippen molar-refractivity contribution in [3.63, 3.8) is 0 Å². The van der Waals surface area contributed by atoms with Gasteiger partial charge in [-0.15, -0.1) is 0 Å². The van der Waals surface area contributed by atoms with E-state index in [1.165, 1.54) is 6.08 Å². The molecule has 3 aromatic carbocycles. The van der Waals surface area contributed by atoms with E-state index in [1.807, 2.05) is 54.6 Å². The van der Waals surface area contributed by atoms with Crippen LogP contribution < -0.4 is 10.7 Å². The zero-order valence-corrected chi connectivity index (χ0v) is 17.0. The number of hydrazone groups is 1. The molecule has 0 atom stereocenters. The molecule has 0 bridgehead atoms. The second-order valence-electron chi connectivity index (χ2n) is 6.03. The Bertz CT molecular complexity index is 1060. The molecule has 0 unspecified atom stereocenters. The number of carbonyl (C=O) groups is 2. The van der Waals surface area contributed by atoms with Crippen LogP contribution in [0.4, 0.5) is 5.69 Å². The first kappa shape index (κ1) is 20.2. The molecule has 6 heteroatoms. The van der Waals surface area contributed by atoms with Crippen LogP contribution in [-0.4, -0.2) is 18.0 Å². The minimum atomic E-state index is -0.417. The minimum absolute atomic E-state index is 0.320. The normalized spacial score (nSPS) is 10.9.